The largest absolute Gasteiger partial charge is 0.522 e. The second-order valence-electron chi connectivity index (χ2n) is 3.28. The summed E-state index contributed by atoms with van der Waals surface area (Å²) in [6.07, 6.45) is -2.41. The summed E-state index contributed by atoms with van der Waals surface area (Å²) in [6.45, 7) is 1.94. The van der Waals surface area contributed by atoms with Crippen molar-refractivity contribution < 1.29 is 17.9 Å². The Kier molecular flexibility index (Phi) is 2.63. The number of alkyl halides is 3. The first kappa shape index (κ1) is 9.80. The van der Waals surface area contributed by atoms with E-state index in [0.29, 0.717) is 0 Å². The van der Waals surface area contributed by atoms with Crippen LogP contribution in [0.4, 0.5) is 13.2 Å². The third-order valence-corrected chi connectivity index (χ3v) is 1.92. The maximum absolute atomic E-state index is 11.4. The molecule has 0 saturated heterocycles. The Morgan fingerprint density at radius 3 is 2.42 bits per heavy atom. The van der Waals surface area contributed by atoms with Crippen molar-refractivity contribution in [2.24, 2.45) is 0 Å². The summed E-state index contributed by atoms with van der Waals surface area (Å²) in [7, 11) is 0. The summed E-state index contributed by atoms with van der Waals surface area (Å²) in [5.74, 6) is 0. The second kappa shape index (κ2) is 3.22. The van der Waals surface area contributed by atoms with Crippen molar-refractivity contribution in [3.05, 3.63) is 0 Å². The first-order chi connectivity index (χ1) is 5.41. The van der Waals surface area contributed by atoms with Crippen molar-refractivity contribution >= 4 is 0 Å². The van der Waals surface area contributed by atoms with E-state index < -0.39 is 6.36 Å². The van der Waals surface area contributed by atoms with Gasteiger partial charge in [-0.15, -0.1) is 13.2 Å². The second-order valence-corrected chi connectivity index (χ2v) is 3.28. The maximum Gasteiger partial charge on any atom is 0.522 e. The van der Waals surface area contributed by atoms with Crippen LogP contribution in [0.1, 0.15) is 19.8 Å². The predicted octanol–water partition coefficient (Wildman–Crippen LogP) is 1.66. The van der Waals surface area contributed by atoms with Crippen molar-refractivity contribution in [2.75, 3.05) is 13.2 Å². The van der Waals surface area contributed by atoms with Crippen LogP contribution >= 0.6 is 0 Å². The van der Waals surface area contributed by atoms with Crippen molar-refractivity contribution in [3.8, 4) is 0 Å². The van der Waals surface area contributed by atoms with Gasteiger partial charge in [-0.1, -0.05) is 0 Å². The lowest BCUT2D eigenvalue weighted by molar-refractivity contribution is -0.323. The van der Waals surface area contributed by atoms with E-state index in [2.05, 4.69) is 10.1 Å². The molecule has 1 aliphatic carbocycles. The Hall–Kier alpha value is -0.290. The van der Waals surface area contributed by atoms with E-state index in [4.69, 9.17) is 0 Å². The minimum absolute atomic E-state index is 0.0783. The Morgan fingerprint density at radius 2 is 2.00 bits per heavy atom. The van der Waals surface area contributed by atoms with Crippen molar-refractivity contribution in [3.63, 3.8) is 0 Å². The van der Waals surface area contributed by atoms with Gasteiger partial charge >= 0.3 is 6.36 Å². The van der Waals surface area contributed by atoms with E-state index in [1.54, 1.807) is 0 Å². The summed E-state index contributed by atoms with van der Waals surface area (Å²) in [5.41, 5.74) is 0.0783. The van der Waals surface area contributed by atoms with Crippen LogP contribution in [0.25, 0.3) is 0 Å². The average Bonchev–Trinajstić information content (AvgIpc) is 2.60. The van der Waals surface area contributed by atoms with Gasteiger partial charge in [0.05, 0.1) is 6.61 Å². The predicted molar refractivity (Wildman–Crippen MR) is 37.6 cm³/mol. The monoisotopic (exact) mass is 183 g/mol. The molecule has 0 heterocycles. The molecule has 0 amide bonds. The maximum atomic E-state index is 11.4. The Labute approximate surface area is 69.1 Å². The van der Waals surface area contributed by atoms with Gasteiger partial charge in [-0.05, 0) is 19.8 Å². The van der Waals surface area contributed by atoms with Gasteiger partial charge < -0.3 is 5.32 Å². The third kappa shape index (κ3) is 3.92. The molecule has 5 heteroatoms. The summed E-state index contributed by atoms with van der Waals surface area (Å²) < 4.78 is 37.9. The molecule has 1 fully saturated rings. The third-order valence-electron chi connectivity index (χ3n) is 1.92. The van der Waals surface area contributed by atoms with Gasteiger partial charge in [0.15, 0.2) is 0 Å². The first-order valence-electron chi connectivity index (χ1n) is 3.87. The summed E-state index contributed by atoms with van der Waals surface area (Å²) in [4.78, 5) is 0. The molecule has 2 nitrogen and oxygen atoms in total. The Bertz CT molecular complexity index is 146. The van der Waals surface area contributed by atoms with E-state index in [1.165, 1.54) is 0 Å². The van der Waals surface area contributed by atoms with Crippen LogP contribution in [0, 0.1) is 0 Å². The van der Waals surface area contributed by atoms with Crippen molar-refractivity contribution in [1.29, 1.82) is 0 Å². The van der Waals surface area contributed by atoms with E-state index in [9.17, 15) is 13.2 Å². The number of hydrogen-bond donors (Lipinski definition) is 1. The lowest BCUT2D eigenvalue weighted by Gasteiger charge is -2.12. The Morgan fingerprint density at radius 1 is 1.42 bits per heavy atom. The molecule has 0 atom stereocenters. The van der Waals surface area contributed by atoms with Gasteiger partial charge in [-0.3, -0.25) is 4.74 Å². The highest BCUT2D eigenvalue weighted by Crippen LogP contribution is 2.33. The van der Waals surface area contributed by atoms with E-state index in [0.717, 1.165) is 12.8 Å². The standard InChI is InChI=1S/C7H12F3NO/c1-6(2-3-6)11-4-5-12-7(8,9)10/h11H,2-5H2,1H3. The molecule has 0 radical (unpaired) electrons. The topological polar surface area (TPSA) is 21.3 Å². The van der Waals surface area contributed by atoms with Crippen molar-refractivity contribution in [1.82, 2.24) is 5.32 Å². The fourth-order valence-electron chi connectivity index (χ4n) is 0.884. The highest BCUT2D eigenvalue weighted by atomic mass is 19.4. The van der Waals surface area contributed by atoms with Crippen LogP contribution in [-0.4, -0.2) is 25.1 Å². The van der Waals surface area contributed by atoms with Gasteiger partial charge in [0.25, 0.3) is 0 Å². The molecule has 1 aliphatic rings. The molecular formula is C7H12F3NO. The van der Waals surface area contributed by atoms with E-state index in [1.807, 2.05) is 6.92 Å². The van der Waals surface area contributed by atoms with Gasteiger partial charge in [-0.2, -0.15) is 0 Å². The summed E-state index contributed by atoms with van der Waals surface area (Å²) in [5, 5.41) is 2.98. The van der Waals surface area contributed by atoms with E-state index in [-0.39, 0.29) is 18.7 Å². The zero-order chi connectivity index (χ0) is 9.24. The molecule has 0 spiro atoms. The highest BCUT2D eigenvalue weighted by Gasteiger charge is 2.36. The minimum atomic E-state index is -4.49. The molecule has 0 unspecified atom stereocenters. The SMILES string of the molecule is CC1(NCCOC(F)(F)F)CC1. The molecular weight excluding hydrogens is 171 g/mol. The van der Waals surface area contributed by atoms with Crippen LogP contribution in [-0.2, 0) is 4.74 Å². The zero-order valence-corrected chi connectivity index (χ0v) is 6.87. The zero-order valence-electron chi connectivity index (χ0n) is 6.87. The summed E-state index contributed by atoms with van der Waals surface area (Å²) >= 11 is 0. The van der Waals surface area contributed by atoms with Crippen LogP contribution in [0.3, 0.4) is 0 Å². The molecule has 0 aromatic heterocycles. The smallest absolute Gasteiger partial charge is 0.309 e. The van der Waals surface area contributed by atoms with Gasteiger partial charge in [-0.25, -0.2) is 0 Å². The average molecular weight is 183 g/mol. The Balaban J connectivity index is 1.96. The molecule has 0 aromatic rings. The van der Waals surface area contributed by atoms with Crippen LogP contribution in [0.15, 0.2) is 0 Å². The van der Waals surface area contributed by atoms with Crippen molar-refractivity contribution in [2.45, 2.75) is 31.7 Å². The molecule has 1 rings (SSSR count). The molecule has 0 aromatic carbocycles. The lowest BCUT2D eigenvalue weighted by atomic mass is 10.3. The van der Waals surface area contributed by atoms with E-state index >= 15 is 0 Å². The quantitative estimate of drug-likeness (QED) is 0.669. The number of rotatable bonds is 4. The van der Waals surface area contributed by atoms with Crippen LogP contribution in [0.5, 0.6) is 0 Å². The fourth-order valence-corrected chi connectivity index (χ4v) is 0.884. The van der Waals surface area contributed by atoms with Gasteiger partial charge in [0.1, 0.15) is 0 Å². The van der Waals surface area contributed by atoms with Gasteiger partial charge in [0.2, 0.25) is 0 Å². The van der Waals surface area contributed by atoms with Crippen LogP contribution in [0.2, 0.25) is 0 Å². The molecule has 0 bridgehead atoms. The van der Waals surface area contributed by atoms with Gasteiger partial charge in [0, 0.05) is 12.1 Å². The molecule has 1 N–H and O–H groups in total. The normalized spacial score (nSPS) is 21.0. The minimum Gasteiger partial charge on any atom is -0.309 e. The molecule has 1 saturated carbocycles. The lowest BCUT2D eigenvalue weighted by Crippen LogP contribution is -2.32. The summed E-state index contributed by atoms with van der Waals surface area (Å²) in [6, 6.07) is 0. The first-order valence-corrected chi connectivity index (χ1v) is 3.87. The molecule has 0 aliphatic heterocycles. The number of nitrogens with one attached hydrogen (secondary N) is 1. The van der Waals surface area contributed by atoms with Crippen LogP contribution < -0.4 is 5.32 Å². The number of ether oxygens (including phenoxy) is 1. The number of halogens is 3. The highest BCUT2D eigenvalue weighted by molar-refractivity contribution is 4.97. The molecule has 12 heavy (non-hydrogen) atoms. The fraction of sp³-hybridized carbons (Fsp3) is 1.00. The number of hydrogen-bond acceptors (Lipinski definition) is 2. The molecule has 72 valence electrons.